The van der Waals surface area contributed by atoms with Crippen molar-refractivity contribution in [2.24, 2.45) is 5.92 Å². The van der Waals surface area contributed by atoms with Crippen LogP contribution in [-0.4, -0.2) is 47.5 Å². The first kappa shape index (κ1) is 24.6. The molecule has 0 saturated heterocycles. The van der Waals surface area contributed by atoms with Gasteiger partial charge in [0.2, 0.25) is 0 Å². The first-order valence-corrected chi connectivity index (χ1v) is 12.9. The van der Waals surface area contributed by atoms with Gasteiger partial charge in [0, 0.05) is 12.4 Å². The van der Waals surface area contributed by atoms with Gasteiger partial charge in [-0.1, -0.05) is 26.2 Å². The number of fused-ring (bicyclic) bond motifs is 1. The highest BCUT2D eigenvalue weighted by atomic mass is 19.3. The van der Waals surface area contributed by atoms with Crippen molar-refractivity contribution in [3.8, 4) is 0 Å². The number of rotatable bonds is 7. The summed E-state index contributed by atoms with van der Waals surface area (Å²) < 4.78 is 30.6. The number of carbonyl (C=O) groups excluding carboxylic acids is 1. The van der Waals surface area contributed by atoms with E-state index in [9.17, 15) is 18.7 Å². The molecule has 194 valence electrons. The van der Waals surface area contributed by atoms with Crippen molar-refractivity contribution in [2.45, 2.75) is 89.3 Å². The molecule has 9 nitrogen and oxygen atoms in total. The van der Waals surface area contributed by atoms with Crippen molar-refractivity contribution in [3.63, 3.8) is 0 Å². The predicted octanol–water partition coefficient (Wildman–Crippen LogP) is 4.97. The quantitative estimate of drug-likeness (QED) is 0.422. The molecule has 3 aromatic heterocycles. The molecule has 0 radical (unpaired) electrons. The number of alkyl halides is 2. The summed E-state index contributed by atoms with van der Waals surface area (Å²) in [4.78, 5) is 17.7. The number of hydrogen-bond donors (Lipinski definition) is 3. The fourth-order valence-corrected chi connectivity index (χ4v) is 5.44. The van der Waals surface area contributed by atoms with E-state index in [0.29, 0.717) is 17.4 Å². The highest BCUT2D eigenvalue weighted by Gasteiger charge is 2.27. The summed E-state index contributed by atoms with van der Waals surface area (Å²) in [6.07, 6.45) is 9.90. The van der Waals surface area contributed by atoms with E-state index in [1.807, 2.05) is 0 Å². The fraction of sp³-hybridized carbons (Fsp3) is 0.600. The van der Waals surface area contributed by atoms with Gasteiger partial charge in [-0.05, 0) is 50.5 Å². The van der Waals surface area contributed by atoms with E-state index in [1.165, 1.54) is 16.9 Å². The SMILES string of the molecule is CCC1CCC(n2cc(NC(=O)c3cnn4ccc(N[C@H]5CCCC[C@H]5O)nc34)c(C(F)F)n2)CC1. The summed E-state index contributed by atoms with van der Waals surface area (Å²) in [5.41, 5.74) is 0.0385. The van der Waals surface area contributed by atoms with Gasteiger partial charge in [-0.2, -0.15) is 10.2 Å². The van der Waals surface area contributed by atoms with Gasteiger partial charge in [-0.25, -0.2) is 18.3 Å². The molecule has 5 rings (SSSR count). The summed E-state index contributed by atoms with van der Waals surface area (Å²) in [5.74, 6) is 0.615. The minimum atomic E-state index is -2.81. The maximum Gasteiger partial charge on any atom is 0.284 e. The highest BCUT2D eigenvalue weighted by molar-refractivity contribution is 6.08. The number of nitrogens with one attached hydrogen (secondary N) is 2. The van der Waals surface area contributed by atoms with Crippen molar-refractivity contribution in [2.75, 3.05) is 10.6 Å². The second kappa shape index (κ2) is 10.5. The lowest BCUT2D eigenvalue weighted by Crippen LogP contribution is -2.36. The topological polar surface area (TPSA) is 109 Å². The lowest BCUT2D eigenvalue weighted by atomic mass is 9.85. The van der Waals surface area contributed by atoms with Gasteiger partial charge in [-0.15, -0.1) is 0 Å². The van der Waals surface area contributed by atoms with Crippen LogP contribution >= 0.6 is 0 Å². The van der Waals surface area contributed by atoms with E-state index in [0.717, 1.165) is 57.8 Å². The summed E-state index contributed by atoms with van der Waals surface area (Å²) in [6.45, 7) is 2.18. The molecule has 3 heterocycles. The minimum absolute atomic E-state index is 0.00609. The molecule has 2 aliphatic rings. The van der Waals surface area contributed by atoms with Crippen LogP contribution in [0.25, 0.3) is 5.65 Å². The van der Waals surface area contributed by atoms with Crippen molar-refractivity contribution in [1.29, 1.82) is 0 Å². The number of carbonyl (C=O) groups is 1. The Morgan fingerprint density at radius 3 is 2.69 bits per heavy atom. The van der Waals surface area contributed by atoms with Gasteiger partial charge in [0.25, 0.3) is 12.3 Å². The Morgan fingerprint density at radius 1 is 1.19 bits per heavy atom. The number of aliphatic hydroxyl groups is 1. The average molecular weight is 502 g/mol. The van der Waals surface area contributed by atoms with Gasteiger partial charge >= 0.3 is 0 Å². The molecule has 1 amide bonds. The summed E-state index contributed by atoms with van der Waals surface area (Å²) >= 11 is 0. The summed E-state index contributed by atoms with van der Waals surface area (Å²) in [6, 6.07) is 1.67. The molecule has 0 aliphatic heterocycles. The number of anilines is 2. The predicted molar refractivity (Wildman–Crippen MR) is 131 cm³/mol. The van der Waals surface area contributed by atoms with Crippen LogP contribution in [0.3, 0.4) is 0 Å². The number of aromatic nitrogens is 5. The zero-order valence-electron chi connectivity index (χ0n) is 20.4. The largest absolute Gasteiger partial charge is 0.391 e. The van der Waals surface area contributed by atoms with Crippen LogP contribution in [0.15, 0.2) is 24.7 Å². The van der Waals surface area contributed by atoms with E-state index in [2.05, 4.69) is 32.7 Å². The third-order valence-electron chi connectivity index (χ3n) is 7.66. The third kappa shape index (κ3) is 5.07. The van der Waals surface area contributed by atoms with Gasteiger partial charge in [0.05, 0.1) is 30.1 Å². The number of hydrogen-bond acceptors (Lipinski definition) is 6. The highest BCUT2D eigenvalue weighted by Crippen LogP contribution is 2.36. The van der Waals surface area contributed by atoms with Crippen LogP contribution in [0.5, 0.6) is 0 Å². The van der Waals surface area contributed by atoms with Crippen molar-refractivity contribution < 1.29 is 18.7 Å². The standard InChI is InChI=1S/C25H33F2N7O2/c1-2-15-7-9-16(10-8-15)34-14-19(22(32-34)23(26)27)30-25(36)17-13-28-33-12-11-21(31-24(17)33)29-18-5-3-4-6-20(18)35/h11-16,18,20,23,35H,2-10H2,1H3,(H,29,31)(H,30,36)/t15?,16?,18-,20+/m0/s1. The van der Waals surface area contributed by atoms with Gasteiger partial charge in [0.1, 0.15) is 11.4 Å². The second-order valence-electron chi connectivity index (χ2n) is 9.99. The van der Waals surface area contributed by atoms with E-state index in [-0.39, 0.29) is 23.3 Å². The van der Waals surface area contributed by atoms with Crippen molar-refractivity contribution in [3.05, 3.63) is 35.9 Å². The molecule has 2 atom stereocenters. The molecule has 11 heteroatoms. The number of amides is 1. The Kier molecular flexibility index (Phi) is 7.17. The first-order valence-electron chi connectivity index (χ1n) is 12.9. The van der Waals surface area contributed by atoms with Gasteiger partial charge in [-0.3, -0.25) is 9.48 Å². The maximum atomic E-state index is 13.8. The Hall–Kier alpha value is -3.08. The van der Waals surface area contributed by atoms with E-state index >= 15 is 0 Å². The monoisotopic (exact) mass is 501 g/mol. The molecule has 2 saturated carbocycles. The summed E-state index contributed by atoms with van der Waals surface area (Å²) in [5, 5.41) is 24.5. The first-order chi connectivity index (χ1) is 17.4. The van der Waals surface area contributed by atoms with Crippen molar-refractivity contribution in [1.82, 2.24) is 24.4 Å². The second-order valence-corrected chi connectivity index (χ2v) is 9.99. The molecule has 0 unspecified atom stereocenters. The molecular formula is C25H33F2N7O2. The number of aliphatic hydroxyl groups excluding tert-OH is 1. The number of halogens is 2. The normalized spacial score (nSPS) is 24.8. The zero-order chi connectivity index (χ0) is 25.2. The Labute approximate surface area is 208 Å². The lowest BCUT2D eigenvalue weighted by molar-refractivity contribution is 0.102. The molecular weight excluding hydrogens is 468 g/mol. The molecule has 2 fully saturated rings. The Balaban J connectivity index is 1.35. The van der Waals surface area contributed by atoms with E-state index in [4.69, 9.17) is 0 Å². The number of nitrogens with zero attached hydrogens (tertiary/aromatic N) is 5. The minimum Gasteiger partial charge on any atom is -0.391 e. The lowest BCUT2D eigenvalue weighted by Gasteiger charge is -2.28. The molecule has 3 N–H and O–H groups in total. The Bertz CT molecular complexity index is 1200. The fourth-order valence-electron chi connectivity index (χ4n) is 5.44. The van der Waals surface area contributed by atoms with Crippen LogP contribution < -0.4 is 10.6 Å². The van der Waals surface area contributed by atoms with Crippen molar-refractivity contribution >= 4 is 23.1 Å². The molecule has 3 aromatic rings. The van der Waals surface area contributed by atoms with E-state index < -0.39 is 24.1 Å². The molecule has 36 heavy (non-hydrogen) atoms. The zero-order valence-corrected chi connectivity index (χ0v) is 20.4. The van der Waals surface area contributed by atoms with Crippen LogP contribution in [0.2, 0.25) is 0 Å². The van der Waals surface area contributed by atoms with Crippen LogP contribution in [0, 0.1) is 5.92 Å². The smallest absolute Gasteiger partial charge is 0.284 e. The molecule has 0 aromatic carbocycles. The third-order valence-corrected chi connectivity index (χ3v) is 7.66. The summed E-state index contributed by atoms with van der Waals surface area (Å²) in [7, 11) is 0. The molecule has 0 spiro atoms. The maximum absolute atomic E-state index is 13.8. The van der Waals surface area contributed by atoms with Gasteiger partial charge in [0.15, 0.2) is 11.3 Å². The molecule has 0 bridgehead atoms. The van der Waals surface area contributed by atoms with Crippen LogP contribution in [0.1, 0.15) is 93.2 Å². The van der Waals surface area contributed by atoms with Crippen LogP contribution in [-0.2, 0) is 0 Å². The van der Waals surface area contributed by atoms with Gasteiger partial charge < -0.3 is 15.7 Å². The average Bonchev–Trinajstić information content (AvgIpc) is 3.50. The van der Waals surface area contributed by atoms with E-state index in [1.54, 1.807) is 16.9 Å². The van der Waals surface area contributed by atoms with Crippen LogP contribution in [0.4, 0.5) is 20.3 Å². The Morgan fingerprint density at radius 2 is 1.97 bits per heavy atom. The molecule has 2 aliphatic carbocycles.